The maximum atomic E-state index is 14.2. The first-order chi connectivity index (χ1) is 19.7. The summed E-state index contributed by atoms with van der Waals surface area (Å²) in [6.45, 7) is 2.79. The van der Waals surface area contributed by atoms with E-state index in [4.69, 9.17) is 4.74 Å². The molecule has 6 rings (SSSR count). The van der Waals surface area contributed by atoms with Gasteiger partial charge in [0.2, 0.25) is 0 Å². The lowest BCUT2D eigenvalue weighted by molar-refractivity contribution is -0.136. The number of aromatic nitrogens is 5. The van der Waals surface area contributed by atoms with Crippen molar-refractivity contribution >= 4 is 5.52 Å². The maximum absolute atomic E-state index is 14.2. The van der Waals surface area contributed by atoms with E-state index in [1.54, 1.807) is 25.7 Å². The smallest absolute Gasteiger partial charge is 0.384 e. The highest BCUT2D eigenvalue weighted by molar-refractivity contribution is 5.58. The molecule has 1 unspecified atom stereocenters. The van der Waals surface area contributed by atoms with E-state index in [1.807, 2.05) is 29.8 Å². The number of likely N-dealkylation sites (tertiary alicyclic amines) is 1. The molecule has 2 aliphatic rings. The van der Waals surface area contributed by atoms with Crippen LogP contribution in [0.1, 0.15) is 60.5 Å². The van der Waals surface area contributed by atoms with Crippen molar-refractivity contribution < 1.29 is 17.9 Å². The normalized spacial score (nSPS) is 20.8. The number of alkyl halides is 3. The van der Waals surface area contributed by atoms with Crippen LogP contribution in [0.15, 0.2) is 53.8 Å². The number of benzene rings is 1. The molecule has 4 aromatic rings. The second kappa shape index (κ2) is 11.1. The largest absolute Gasteiger partial charge is 0.418 e. The number of aryl methyl sites for hydroxylation is 1. The van der Waals surface area contributed by atoms with Gasteiger partial charge in [-0.1, -0.05) is 18.6 Å². The Hall–Kier alpha value is -3.44. The van der Waals surface area contributed by atoms with E-state index < -0.39 is 17.4 Å². The Bertz CT molecular complexity index is 1580. The van der Waals surface area contributed by atoms with Gasteiger partial charge in [-0.2, -0.15) is 13.2 Å². The molecule has 1 atom stereocenters. The second-order valence-electron chi connectivity index (χ2n) is 11.6. The van der Waals surface area contributed by atoms with Crippen LogP contribution in [-0.2, 0) is 24.5 Å². The number of hydrogen-bond acceptors (Lipinski definition) is 5. The Balaban J connectivity index is 1.40. The van der Waals surface area contributed by atoms with Crippen LogP contribution in [-0.4, -0.2) is 55.4 Å². The van der Waals surface area contributed by atoms with E-state index in [1.165, 1.54) is 16.8 Å². The minimum absolute atomic E-state index is 0.0647. The first-order valence-electron chi connectivity index (χ1n) is 14.2. The first kappa shape index (κ1) is 27.7. The van der Waals surface area contributed by atoms with Crippen molar-refractivity contribution in [2.24, 2.45) is 18.9 Å². The molecule has 0 bridgehead atoms. The molecule has 1 aliphatic carbocycles. The fourth-order valence-electron chi connectivity index (χ4n) is 6.62. The molecule has 0 spiro atoms. The van der Waals surface area contributed by atoms with Crippen molar-refractivity contribution in [1.29, 1.82) is 0 Å². The van der Waals surface area contributed by atoms with Crippen LogP contribution < -0.4 is 5.69 Å². The fraction of sp³-hybridized carbons (Fsp3) is 0.500. The average Bonchev–Trinajstić information content (AvgIpc) is 3.50. The zero-order chi connectivity index (χ0) is 28.7. The third kappa shape index (κ3) is 5.44. The fourth-order valence-corrected chi connectivity index (χ4v) is 6.62. The molecule has 1 aromatic carbocycles. The Morgan fingerprint density at radius 3 is 2.56 bits per heavy atom. The Morgan fingerprint density at radius 2 is 1.88 bits per heavy atom. The molecule has 0 amide bonds. The number of piperidine rings is 1. The number of imidazole rings is 1. The number of ether oxygens (including phenoxy) is 1. The van der Waals surface area contributed by atoms with Crippen molar-refractivity contribution in [2.75, 3.05) is 26.8 Å². The molecule has 2 fully saturated rings. The van der Waals surface area contributed by atoms with Crippen LogP contribution in [0.3, 0.4) is 0 Å². The number of halogens is 3. The summed E-state index contributed by atoms with van der Waals surface area (Å²) in [4.78, 5) is 15.8. The standard InChI is InChI=1S/C30H35F3N6O2/c1-36-19-34-35-28(36)27(23-11-20(12-23)18-41-2)22-7-6-8-24(14-22)38-17-26-25(30(31,32)33)13-21(16-39(26)29(38)40)15-37-9-4-3-5-10-37/h6-8,13-14,16-17,19-20,23,27H,3-5,9-12,15,18H2,1-2H3. The lowest BCUT2D eigenvalue weighted by Gasteiger charge is -2.40. The van der Waals surface area contributed by atoms with Crippen molar-refractivity contribution in [1.82, 2.24) is 28.6 Å². The summed E-state index contributed by atoms with van der Waals surface area (Å²) >= 11 is 0. The van der Waals surface area contributed by atoms with E-state index in [2.05, 4.69) is 15.1 Å². The lowest BCUT2D eigenvalue weighted by Crippen LogP contribution is -2.33. The third-order valence-electron chi connectivity index (χ3n) is 8.66. The van der Waals surface area contributed by atoms with Gasteiger partial charge < -0.3 is 9.30 Å². The summed E-state index contributed by atoms with van der Waals surface area (Å²) in [5, 5.41) is 8.49. The van der Waals surface area contributed by atoms with Crippen molar-refractivity contribution in [2.45, 2.75) is 50.7 Å². The van der Waals surface area contributed by atoms with Gasteiger partial charge in [-0.05, 0) is 79.9 Å². The molecule has 41 heavy (non-hydrogen) atoms. The molecular formula is C30H35F3N6O2. The molecule has 8 nitrogen and oxygen atoms in total. The summed E-state index contributed by atoms with van der Waals surface area (Å²) < 4.78 is 52.4. The zero-order valence-corrected chi connectivity index (χ0v) is 23.3. The molecule has 11 heteroatoms. The van der Waals surface area contributed by atoms with E-state index in [0.29, 0.717) is 36.2 Å². The van der Waals surface area contributed by atoms with Crippen molar-refractivity contribution in [3.63, 3.8) is 0 Å². The molecule has 218 valence electrons. The quantitative estimate of drug-likeness (QED) is 0.298. The van der Waals surface area contributed by atoms with Crippen LogP contribution in [0.2, 0.25) is 0 Å². The zero-order valence-electron chi connectivity index (χ0n) is 23.3. The Morgan fingerprint density at radius 1 is 1.10 bits per heavy atom. The predicted molar refractivity (Wildman–Crippen MR) is 148 cm³/mol. The summed E-state index contributed by atoms with van der Waals surface area (Å²) in [6.07, 6.45) is 5.09. The molecule has 4 heterocycles. The highest BCUT2D eigenvalue weighted by Crippen LogP contribution is 2.46. The van der Waals surface area contributed by atoms with Crippen LogP contribution in [0.25, 0.3) is 11.2 Å². The summed E-state index contributed by atoms with van der Waals surface area (Å²) in [5.41, 5.74) is 0.474. The minimum Gasteiger partial charge on any atom is -0.384 e. The predicted octanol–water partition coefficient (Wildman–Crippen LogP) is 5.03. The minimum atomic E-state index is -4.59. The van der Waals surface area contributed by atoms with Gasteiger partial charge in [-0.3, -0.25) is 13.9 Å². The molecule has 1 aliphatic heterocycles. The highest BCUT2D eigenvalue weighted by atomic mass is 19.4. The number of hydrogen-bond donors (Lipinski definition) is 0. The monoisotopic (exact) mass is 568 g/mol. The third-order valence-corrected chi connectivity index (χ3v) is 8.66. The number of rotatable bonds is 8. The Labute approximate surface area is 236 Å². The molecule has 1 saturated heterocycles. The van der Waals surface area contributed by atoms with E-state index in [-0.39, 0.29) is 11.4 Å². The lowest BCUT2D eigenvalue weighted by atomic mass is 9.66. The molecule has 3 aromatic heterocycles. The van der Waals surface area contributed by atoms with Crippen LogP contribution in [0, 0.1) is 11.8 Å². The summed E-state index contributed by atoms with van der Waals surface area (Å²) in [6, 6.07) is 8.69. The highest BCUT2D eigenvalue weighted by Gasteiger charge is 2.39. The van der Waals surface area contributed by atoms with Crippen LogP contribution in [0.5, 0.6) is 0 Å². The van der Waals surface area contributed by atoms with Crippen LogP contribution >= 0.6 is 0 Å². The van der Waals surface area contributed by atoms with E-state index in [0.717, 1.165) is 61.0 Å². The van der Waals surface area contributed by atoms with Gasteiger partial charge in [0.1, 0.15) is 12.2 Å². The molecule has 1 saturated carbocycles. The number of methoxy groups -OCH3 is 1. The topological polar surface area (TPSA) is 69.6 Å². The number of nitrogens with zero attached hydrogens (tertiary/aromatic N) is 6. The van der Waals surface area contributed by atoms with Gasteiger partial charge in [-0.15, -0.1) is 10.2 Å². The van der Waals surface area contributed by atoms with Crippen molar-refractivity contribution in [3.8, 4) is 5.69 Å². The molecule has 0 N–H and O–H groups in total. The summed E-state index contributed by atoms with van der Waals surface area (Å²) in [5.74, 6) is 1.54. The van der Waals surface area contributed by atoms with Gasteiger partial charge in [0.15, 0.2) is 0 Å². The second-order valence-corrected chi connectivity index (χ2v) is 11.6. The first-order valence-corrected chi connectivity index (χ1v) is 14.2. The Kier molecular flexibility index (Phi) is 7.50. The van der Waals surface area contributed by atoms with E-state index >= 15 is 0 Å². The number of fused-ring (bicyclic) bond motifs is 1. The van der Waals surface area contributed by atoms with Gasteiger partial charge in [-0.25, -0.2) is 4.79 Å². The molecule has 0 radical (unpaired) electrons. The maximum Gasteiger partial charge on any atom is 0.418 e. The molecular weight excluding hydrogens is 533 g/mol. The number of pyridine rings is 1. The SMILES string of the molecule is COCC1CC(C(c2cccc(-n3cc4c(C(F)(F)F)cc(CN5CCCCC5)cn4c3=O)c2)c2nncn2C)C1. The average molecular weight is 569 g/mol. The van der Waals surface area contributed by atoms with Crippen molar-refractivity contribution in [3.05, 3.63) is 82.1 Å². The van der Waals surface area contributed by atoms with Gasteiger partial charge in [0.25, 0.3) is 0 Å². The summed E-state index contributed by atoms with van der Waals surface area (Å²) in [7, 11) is 3.61. The van der Waals surface area contributed by atoms with Gasteiger partial charge in [0.05, 0.1) is 16.8 Å². The van der Waals surface area contributed by atoms with Gasteiger partial charge in [0, 0.05) is 45.6 Å². The van der Waals surface area contributed by atoms with E-state index in [9.17, 15) is 18.0 Å². The van der Waals surface area contributed by atoms with Crippen LogP contribution in [0.4, 0.5) is 13.2 Å². The van der Waals surface area contributed by atoms with Gasteiger partial charge >= 0.3 is 11.9 Å².